The monoisotopic (exact) mass is 451 g/mol. The summed E-state index contributed by atoms with van der Waals surface area (Å²) in [6.07, 6.45) is 0.642. The fraction of sp³-hybridized carbons (Fsp3) is 0.429. The highest BCUT2D eigenvalue weighted by molar-refractivity contribution is 7.90. The van der Waals surface area contributed by atoms with E-state index in [2.05, 4.69) is 15.3 Å². The maximum Gasteiger partial charge on any atom is 0.328 e. The summed E-state index contributed by atoms with van der Waals surface area (Å²) in [5.41, 5.74) is -0.851. The quantitative estimate of drug-likeness (QED) is 0.591. The third-order valence-corrected chi connectivity index (χ3v) is 5.94. The summed E-state index contributed by atoms with van der Waals surface area (Å²) in [6, 6.07) is 3.11. The minimum atomic E-state index is -4.28. The summed E-state index contributed by atoms with van der Waals surface area (Å²) in [5.74, 6) is -1.24. The van der Waals surface area contributed by atoms with Crippen LogP contribution in [0.4, 0.5) is 4.79 Å². The van der Waals surface area contributed by atoms with Crippen molar-refractivity contribution in [3.63, 3.8) is 0 Å². The Balaban J connectivity index is 1.73. The second-order valence-corrected chi connectivity index (χ2v) is 8.71. The van der Waals surface area contributed by atoms with Crippen LogP contribution in [0.5, 0.6) is 0 Å². The first-order valence-electron chi connectivity index (χ1n) is 12.7. The molecule has 31 heavy (non-hydrogen) atoms. The van der Waals surface area contributed by atoms with Gasteiger partial charge in [-0.1, -0.05) is 31.4 Å². The Labute approximate surface area is 190 Å². The van der Waals surface area contributed by atoms with E-state index in [1.807, 2.05) is 10.0 Å². The first-order chi connectivity index (χ1) is 17.1. The van der Waals surface area contributed by atoms with Gasteiger partial charge in [-0.15, -0.1) is 0 Å². The molecule has 0 aliphatic heterocycles. The summed E-state index contributed by atoms with van der Waals surface area (Å²) in [5, 5.41) is 4.47. The van der Waals surface area contributed by atoms with E-state index in [0.717, 1.165) is 56.4 Å². The van der Waals surface area contributed by atoms with E-state index < -0.39 is 46.7 Å². The molecule has 166 valence electrons. The number of nitrogens with one attached hydrogen (secondary N) is 3. The molecule has 3 amide bonds. The molecule has 1 fully saturated rings. The number of amides is 3. The molecular weight excluding hydrogens is 418 g/mol. The zero-order chi connectivity index (χ0) is 27.6. The molecule has 1 aromatic heterocycles. The number of hydrogen-bond donors (Lipinski definition) is 3. The molecule has 0 unspecified atom stereocenters. The summed E-state index contributed by atoms with van der Waals surface area (Å²) in [4.78, 5) is 31.6. The van der Waals surface area contributed by atoms with Crippen LogP contribution >= 0.6 is 0 Å². The van der Waals surface area contributed by atoms with Crippen LogP contribution in [0, 0.1) is 6.92 Å². The Morgan fingerprint density at radius 1 is 1.13 bits per heavy atom. The largest absolute Gasteiger partial charge is 0.350 e. The third-order valence-electron chi connectivity index (χ3n) is 4.59. The number of hydrogen-bond acceptors (Lipinski definition) is 6. The molecular formula is C21H27N5O4S. The van der Waals surface area contributed by atoms with E-state index >= 15 is 0 Å². The van der Waals surface area contributed by atoms with Crippen molar-refractivity contribution in [2.75, 3.05) is 6.50 Å². The minimum Gasteiger partial charge on any atom is -0.350 e. The first kappa shape index (κ1) is 15.7. The topological polar surface area (TPSA) is 130 Å². The van der Waals surface area contributed by atoms with E-state index in [1.54, 1.807) is 0 Å². The summed E-state index contributed by atoms with van der Waals surface area (Å²) < 4.78 is 75.2. The fourth-order valence-corrected chi connectivity index (χ4v) is 3.92. The van der Waals surface area contributed by atoms with Gasteiger partial charge in [-0.05, 0) is 43.8 Å². The fourth-order valence-electron chi connectivity index (χ4n) is 3.00. The lowest BCUT2D eigenvalue weighted by Gasteiger charge is -2.22. The molecule has 1 aliphatic rings. The van der Waals surface area contributed by atoms with Crippen molar-refractivity contribution in [3.05, 3.63) is 53.6 Å². The van der Waals surface area contributed by atoms with Gasteiger partial charge in [-0.25, -0.2) is 22.9 Å². The average Bonchev–Trinajstić information content (AvgIpc) is 2.81. The molecule has 10 heteroatoms. The zero-order valence-corrected chi connectivity index (χ0v) is 17.7. The lowest BCUT2D eigenvalue weighted by Crippen LogP contribution is -2.45. The van der Waals surface area contributed by atoms with Crippen LogP contribution in [-0.2, 0) is 16.4 Å². The van der Waals surface area contributed by atoms with Crippen LogP contribution in [0.15, 0.2) is 41.5 Å². The van der Waals surface area contributed by atoms with E-state index in [-0.39, 0.29) is 28.4 Å². The molecule has 3 N–H and O–H groups in total. The van der Waals surface area contributed by atoms with Crippen LogP contribution < -0.4 is 15.4 Å². The predicted molar refractivity (Wildman–Crippen MR) is 115 cm³/mol. The number of benzene rings is 1. The standard InChI is InChI=1S/C21H27N5O4S/c1-15-13-24-19(14-23-15)20(27)22-12-11-16-7-9-18(10-8-16)31(29,30)26-21(28)25-17-5-3-2-4-6-17/h7-10,13-14,17H,2-6,11-12H2,1H3,(H,22,27)(H2,25,26,28)/i11D2,12D2,13D,14D. The molecule has 0 spiro atoms. The lowest BCUT2D eigenvalue weighted by atomic mass is 9.96. The van der Waals surface area contributed by atoms with E-state index in [0.29, 0.717) is 0 Å². The molecule has 0 atom stereocenters. The molecule has 0 bridgehead atoms. The van der Waals surface area contributed by atoms with Gasteiger partial charge in [0.1, 0.15) is 5.69 Å². The van der Waals surface area contributed by atoms with Gasteiger partial charge < -0.3 is 10.6 Å². The van der Waals surface area contributed by atoms with Gasteiger partial charge in [-0.2, -0.15) is 0 Å². The first-order valence-corrected chi connectivity index (χ1v) is 11.2. The van der Waals surface area contributed by atoms with Crippen molar-refractivity contribution < 1.29 is 26.2 Å². The van der Waals surface area contributed by atoms with Gasteiger partial charge in [0, 0.05) is 24.2 Å². The molecule has 1 saturated carbocycles. The predicted octanol–water partition coefficient (Wildman–Crippen LogP) is 2.08. The van der Waals surface area contributed by atoms with E-state index in [9.17, 15) is 18.0 Å². The maximum atomic E-state index is 12.6. The number of sulfonamides is 1. The van der Waals surface area contributed by atoms with E-state index in [4.69, 9.17) is 8.22 Å². The van der Waals surface area contributed by atoms with Crippen molar-refractivity contribution in [1.82, 2.24) is 25.3 Å². The van der Waals surface area contributed by atoms with E-state index in [1.165, 1.54) is 6.92 Å². The molecule has 1 aromatic carbocycles. The SMILES string of the molecule is [2H]c1nc(C(=O)NC([2H])([2H])C([2H])([2H])c2ccc(S(=O)(=O)NC(=O)NC3CCCCC3)cc2)c([2H])nc1C. The number of urea groups is 1. The van der Waals surface area contributed by atoms with Crippen molar-refractivity contribution in [2.45, 2.75) is 56.3 Å². The lowest BCUT2D eigenvalue weighted by molar-refractivity contribution is 0.0948. The van der Waals surface area contributed by atoms with Crippen LogP contribution in [-0.4, -0.2) is 42.9 Å². The average molecular weight is 452 g/mol. The van der Waals surface area contributed by atoms with Gasteiger partial charge in [-0.3, -0.25) is 9.78 Å². The highest BCUT2D eigenvalue weighted by Gasteiger charge is 2.21. The number of aryl methyl sites for hydroxylation is 2. The van der Waals surface area contributed by atoms with Crippen molar-refractivity contribution >= 4 is 22.0 Å². The molecule has 1 heterocycles. The number of rotatable bonds is 7. The Morgan fingerprint density at radius 3 is 2.55 bits per heavy atom. The van der Waals surface area contributed by atoms with Crippen LogP contribution in [0.2, 0.25) is 0 Å². The molecule has 2 aromatic rings. The number of carbonyl (C=O) groups is 2. The Hall–Kier alpha value is -3.01. The molecule has 3 rings (SSSR count). The smallest absolute Gasteiger partial charge is 0.328 e. The number of carbonyl (C=O) groups excluding carboxylic acids is 2. The third kappa shape index (κ3) is 6.74. The maximum absolute atomic E-state index is 12.6. The number of aromatic nitrogens is 2. The second-order valence-electron chi connectivity index (χ2n) is 7.02. The van der Waals surface area contributed by atoms with Crippen molar-refractivity contribution in [1.29, 1.82) is 0 Å². The number of nitrogens with zero attached hydrogens (tertiary/aromatic N) is 2. The molecule has 0 saturated heterocycles. The Bertz CT molecular complexity index is 1290. The molecule has 1 aliphatic carbocycles. The van der Waals surface area contributed by atoms with Gasteiger partial charge in [0.25, 0.3) is 15.9 Å². The van der Waals surface area contributed by atoms with Gasteiger partial charge in [0.15, 0.2) is 0 Å². The molecule has 9 nitrogen and oxygen atoms in total. The van der Waals surface area contributed by atoms with Gasteiger partial charge >= 0.3 is 6.03 Å². The van der Waals surface area contributed by atoms with Gasteiger partial charge in [0.05, 0.1) is 19.5 Å². The summed E-state index contributed by atoms with van der Waals surface area (Å²) in [7, 11) is -4.28. The molecule has 0 radical (unpaired) electrons. The highest BCUT2D eigenvalue weighted by atomic mass is 32.2. The Morgan fingerprint density at radius 2 is 1.84 bits per heavy atom. The van der Waals surface area contributed by atoms with Crippen LogP contribution in [0.1, 0.15) is 62.1 Å². The zero-order valence-electron chi connectivity index (χ0n) is 22.9. The highest BCUT2D eigenvalue weighted by Crippen LogP contribution is 2.17. The Kier molecular flexibility index (Phi) is 5.25. The normalized spacial score (nSPS) is 18.4. The summed E-state index contributed by atoms with van der Waals surface area (Å²) >= 11 is 0. The second kappa shape index (κ2) is 10.3. The van der Waals surface area contributed by atoms with Crippen LogP contribution in [0.25, 0.3) is 0 Å². The van der Waals surface area contributed by atoms with Crippen LogP contribution in [0.3, 0.4) is 0 Å². The minimum absolute atomic E-state index is 0.0934. The van der Waals surface area contributed by atoms with Gasteiger partial charge in [0.2, 0.25) is 0 Å². The summed E-state index contributed by atoms with van der Waals surface area (Å²) in [6.45, 7) is -1.63. The van der Waals surface area contributed by atoms with Crippen molar-refractivity contribution in [2.24, 2.45) is 0 Å². The van der Waals surface area contributed by atoms with Crippen molar-refractivity contribution in [3.8, 4) is 0 Å².